The maximum atomic E-state index is 11.7. The number of benzene rings is 1. The first-order valence-electron chi connectivity index (χ1n) is 8.20. The molecular weight excluding hydrogens is 262 g/mol. The van der Waals surface area contributed by atoms with Gasteiger partial charge in [-0.15, -0.1) is 0 Å². The van der Waals surface area contributed by atoms with E-state index in [2.05, 4.69) is 36.5 Å². The van der Waals surface area contributed by atoms with Crippen LogP contribution in [-0.2, 0) is 22.4 Å². The highest BCUT2D eigenvalue weighted by Gasteiger charge is 2.20. The van der Waals surface area contributed by atoms with E-state index in [1.54, 1.807) is 0 Å². The van der Waals surface area contributed by atoms with Gasteiger partial charge < -0.3 is 10.1 Å². The van der Waals surface area contributed by atoms with Gasteiger partial charge in [0.15, 0.2) is 0 Å². The Bertz CT molecular complexity index is 423. The van der Waals surface area contributed by atoms with Gasteiger partial charge in [0.2, 0.25) is 5.91 Å². The van der Waals surface area contributed by atoms with E-state index in [-0.39, 0.29) is 5.91 Å². The molecular formula is C18H27NO2. The van der Waals surface area contributed by atoms with E-state index in [1.165, 1.54) is 24.0 Å². The van der Waals surface area contributed by atoms with Gasteiger partial charge in [0.05, 0.1) is 0 Å². The van der Waals surface area contributed by atoms with Crippen LogP contribution in [0.25, 0.3) is 0 Å². The third kappa shape index (κ3) is 6.76. The monoisotopic (exact) mass is 289 g/mol. The van der Waals surface area contributed by atoms with Crippen LogP contribution in [0.5, 0.6) is 0 Å². The van der Waals surface area contributed by atoms with Crippen molar-refractivity contribution in [2.45, 2.75) is 45.4 Å². The molecule has 0 heterocycles. The number of ether oxygens (including phenoxy) is 1. The molecule has 2 rings (SSSR count). The first-order valence-corrected chi connectivity index (χ1v) is 8.20. The predicted octanol–water partition coefficient (Wildman–Crippen LogP) is 3.11. The standard InChI is InChI=1S/C18H27NO2/c1-2-15-4-6-16(7-5-15)10-11-18(20)19-12-3-13-21-14-17-8-9-17/h4-7,17H,2-3,8-14H2,1H3,(H,19,20). The fourth-order valence-corrected chi connectivity index (χ4v) is 2.22. The molecule has 3 heteroatoms. The number of carbonyl (C=O) groups is 1. The molecule has 1 aliphatic rings. The van der Waals surface area contributed by atoms with Crippen molar-refractivity contribution in [3.05, 3.63) is 35.4 Å². The maximum Gasteiger partial charge on any atom is 0.220 e. The lowest BCUT2D eigenvalue weighted by Crippen LogP contribution is -2.25. The highest BCUT2D eigenvalue weighted by Crippen LogP contribution is 2.28. The molecule has 116 valence electrons. The molecule has 1 aliphatic carbocycles. The Balaban J connectivity index is 1.49. The fourth-order valence-electron chi connectivity index (χ4n) is 2.22. The molecule has 0 unspecified atom stereocenters. The number of carbonyl (C=O) groups excluding carboxylic acids is 1. The Hall–Kier alpha value is -1.35. The minimum atomic E-state index is 0.136. The molecule has 0 spiro atoms. The van der Waals surface area contributed by atoms with E-state index in [0.717, 1.165) is 44.9 Å². The van der Waals surface area contributed by atoms with Crippen molar-refractivity contribution in [3.63, 3.8) is 0 Å². The zero-order valence-corrected chi connectivity index (χ0v) is 13.1. The Kier molecular flexibility index (Phi) is 6.74. The minimum Gasteiger partial charge on any atom is -0.381 e. The highest BCUT2D eigenvalue weighted by atomic mass is 16.5. The van der Waals surface area contributed by atoms with Crippen LogP contribution in [-0.4, -0.2) is 25.7 Å². The number of aryl methyl sites for hydroxylation is 2. The van der Waals surface area contributed by atoms with Crippen molar-refractivity contribution in [3.8, 4) is 0 Å². The molecule has 0 aliphatic heterocycles. The fraction of sp³-hybridized carbons (Fsp3) is 0.611. The van der Waals surface area contributed by atoms with E-state index >= 15 is 0 Å². The number of amides is 1. The number of rotatable bonds is 10. The van der Waals surface area contributed by atoms with Gasteiger partial charge in [0, 0.05) is 26.2 Å². The lowest BCUT2D eigenvalue weighted by molar-refractivity contribution is -0.121. The van der Waals surface area contributed by atoms with Crippen LogP contribution in [0.2, 0.25) is 0 Å². The Morgan fingerprint density at radius 2 is 1.95 bits per heavy atom. The Morgan fingerprint density at radius 3 is 2.62 bits per heavy atom. The Morgan fingerprint density at radius 1 is 1.24 bits per heavy atom. The van der Waals surface area contributed by atoms with E-state index in [1.807, 2.05) is 0 Å². The van der Waals surface area contributed by atoms with Gasteiger partial charge in [-0.05, 0) is 49.1 Å². The van der Waals surface area contributed by atoms with E-state index < -0.39 is 0 Å². The average Bonchev–Trinajstić information content (AvgIpc) is 3.33. The molecule has 0 saturated heterocycles. The summed E-state index contributed by atoms with van der Waals surface area (Å²) in [5, 5.41) is 2.96. The second-order valence-electron chi connectivity index (χ2n) is 5.89. The average molecular weight is 289 g/mol. The van der Waals surface area contributed by atoms with Gasteiger partial charge >= 0.3 is 0 Å². The van der Waals surface area contributed by atoms with Crippen molar-refractivity contribution in [2.75, 3.05) is 19.8 Å². The molecule has 1 aromatic carbocycles. The highest BCUT2D eigenvalue weighted by molar-refractivity contribution is 5.76. The zero-order valence-electron chi connectivity index (χ0n) is 13.1. The molecule has 3 nitrogen and oxygen atoms in total. The zero-order chi connectivity index (χ0) is 14.9. The molecule has 1 N–H and O–H groups in total. The van der Waals surface area contributed by atoms with Crippen LogP contribution in [0.4, 0.5) is 0 Å². The maximum absolute atomic E-state index is 11.7. The lowest BCUT2D eigenvalue weighted by Gasteiger charge is -2.06. The predicted molar refractivity (Wildman–Crippen MR) is 85.3 cm³/mol. The molecule has 1 saturated carbocycles. The van der Waals surface area contributed by atoms with Gasteiger partial charge in [-0.1, -0.05) is 31.2 Å². The molecule has 0 atom stereocenters. The van der Waals surface area contributed by atoms with E-state index in [0.29, 0.717) is 6.42 Å². The van der Waals surface area contributed by atoms with Crippen molar-refractivity contribution in [1.82, 2.24) is 5.32 Å². The molecule has 0 radical (unpaired) electrons. The SMILES string of the molecule is CCc1ccc(CCC(=O)NCCCOCC2CC2)cc1. The van der Waals surface area contributed by atoms with Crippen molar-refractivity contribution in [2.24, 2.45) is 5.92 Å². The largest absolute Gasteiger partial charge is 0.381 e. The quantitative estimate of drug-likeness (QED) is 0.672. The van der Waals surface area contributed by atoms with Crippen LogP contribution in [0.1, 0.15) is 43.7 Å². The third-order valence-corrected chi connectivity index (χ3v) is 3.91. The van der Waals surface area contributed by atoms with Crippen LogP contribution < -0.4 is 5.32 Å². The first-order chi connectivity index (χ1) is 10.3. The molecule has 0 bridgehead atoms. The van der Waals surface area contributed by atoms with Gasteiger partial charge in [-0.2, -0.15) is 0 Å². The molecule has 1 amide bonds. The second-order valence-corrected chi connectivity index (χ2v) is 5.89. The van der Waals surface area contributed by atoms with Gasteiger partial charge in [-0.25, -0.2) is 0 Å². The lowest BCUT2D eigenvalue weighted by atomic mass is 10.1. The summed E-state index contributed by atoms with van der Waals surface area (Å²) < 4.78 is 5.54. The normalized spacial score (nSPS) is 14.1. The van der Waals surface area contributed by atoms with E-state index in [9.17, 15) is 4.79 Å². The smallest absolute Gasteiger partial charge is 0.220 e. The van der Waals surface area contributed by atoms with Crippen molar-refractivity contribution >= 4 is 5.91 Å². The summed E-state index contributed by atoms with van der Waals surface area (Å²) in [5.41, 5.74) is 2.57. The molecule has 1 fully saturated rings. The summed E-state index contributed by atoms with van der Waals surface area (Å²) in [5.74, 6) is 0.954. The van der Waals surface area contributed by atoms with E-state index in [4.69, 9.17) is 4.74 Å². The molecule has 0 aromatic heterocycles. The Labute approximate surface area is 128 Å². The third-order valence-electron chi connectivity index (χ3n) is 3.91. The van der Waals surface area contributed by atoms with Crippen LogP contribution in [0.15, 0.2) is 24.3 Å². The second kappa shape index (κ2) is 8.83. The van der Waals surface area contributed by atoms with Crippen molar-refractivity contribution < 1.29 is 9.53 Å². The van der Waals surface area contributed by atoms with Crippen LogP contribution >= 0.6 is 0 Å². The topological polar surface area (TPSA) is 38.3 Å². The van der Waals surface area contributed by atoms with Gasteiger partial charge in [-0.3, -0.25) is 4.79 Å². The summed E-state index contributed by atoms with van der Waals surface area (Å²) in [6, 6.07) is 8.53. The minimum absolute atomic E-state index is 0.136. The van der Waals surface area contributed by atoms with Crippen LogP contribution in [0.3, 0.4) is 0 Å². The number of nitrogens with one attached hydrogen (secondary N) is 1. The molecule has 1 aromatic rings. The summed E-state index contributed by atoms with van der Waals surface area (Å²) >= 11 is 0. The summed E-state index contributed by atoms with van der Waals surface area (Å²) in [4.78, 5) is 11.7. The van der Waals surface area contributed by atoms with Crippen LogP contribution in [0, 0.1) is 5.92 Å². The number of hydrogen-bond acceptors (Lipinski definition) is 2. The summed E-state index contributed by atoms with van der Waals surface area (Å²) in [6.45, 7) is 4.53. The van der Waals surface area contributed by atoms with Gasteiger partial charge in [0.1, 0.15) is 0 Å². The number of hydrogen-bond donors (Lipinski definition) is 1. The summed E-state index contributed by atoms with van der Waals surface area (Å²) in [6.07, 6.45) is 6.00. The van der Waals surface area contributed by atoms with Crippen molar-refractivity contribution in [1.29, 1.82) is 0 Å². The van der Waals surface area contributed by atoms with Gasteiger partial charge in [0.25, 0.3) is 0 Å². The summed E-state index contributed by atoms with van der Waals surface area (Å²) in [7, 11) is 0. The first kappa shape index (κ1) is 16.0. The molecule has 21 heavy (non-hydrogen) atoms.